The Bertz CT molecular complexity index is 1810. The fourth-order valence-electron chi connectivity index (χ4n) is 5.07. The highest BCUT2D eigenvalue weighted by Crippen LogP contribution is 2.34. The molecular formula is C36H39Cl2N3O5S. The van der Waals surface area contributed by atoms with Crippen molar-refractivity contribution in [2.45, 2.75) is 57.1 Å². The number of amides is 2. The van der Waals surface area contributed by atoms with Gasteiger partial charge in [-0.1, -0.05) is 83.9 Å². The molecule has 0 aromatic heterocycles. The number of carbonyl (C=O) groups is 2. The number of sulfonamides is 1. The predicted molar refractivity (Wildman–Crippen MR) is 188 cm³/mol. The van der Waals surface area contributed by atoms with Crippen LogP contribution in [0.5, 0.6) is 5.75 Å². The van der Waals surface area contributed by atoms with Crippen LogP contribution in [-0.4, -0.2) is 50.4 Å². The summed E-state index contributed by atoms with van der Waals surface area (Å²) in [5.41, 5.74) is 1.69. The third-order valence-electron chi connectivity index (χ3n) is 7.34. The summed E-state index contributed by atoms with van der Waals surface area (Å²) in [6.07, 6.45) is 0.166. The van der Waals surface area contributed by atoms with Crippen LogP contribution in [0.15, 0.2) is 102 Å². The molecule has 0 saturated carbocycles. The van der Waals surface area contributed by atoms with Gasteiger partial charge >= 0.3 is 0 Å². The van der Waals surface area contributed by atoms with Gasteiger partial charge in [-0.3, -0.25) is 13.9 Å². The first-order valence-electron chi connectivity index (χ1n) is 15.0. The van der Waals surface area contributed by atoms with Crippen molar-refractivity contribution in [3.05, 3.63) is 124 Å². The van der Waals surface area contributed by atoms with Crippen LogP contribution in [0.3, 0.4) is 0 Å². The van der Waals surface area contributed by atoms with E-state index in [1.807, 2.05) is 58.0 Å². The highest BCUT2D eigenvalue weighted by molar-refractivity contribution is 7.92. The lowest BCUT2D eigenvalue weighted by Crippen LogP contribution is -2.56. The number of halogens is 2. The highest BCUT2D eigenvalue weighted by atomic mass is 35.5. The van der Waals surface area contributed by atoms with Crippen LogP contribution >= 0.6 is 23.2 Å². The van der Waals surface area contributed by atoms with Gasteiger partial charge in [0.1, 0.15) is 18.3 Å². The van der Waals surface area contributed by atoms with E-state index in [0.29, 0.717) is 15.6 Å². The van der Waals surface area contributed by atoms with E-state index >= 15 is 0 Å². The molecule has 248 valence electrons. The Balaban J connectivity index is 1.88. The lowest BCUT2D eigenvalue weighted by atomic mass is 10.0. The molecule has 0 fully saturated rings. The lowest BCUT2D eigenvalue weighted by molar-refractivity contribution is -0.140. The number of aryl methyl sites for hydroxylation is 1. The van der Waals surface area contributed by atoms with Crippen LogP contribution < -0.4 is 14.4 Å². The molecule has 47 heavy (non-hydrogen) atoms. The number of carbonyl (C=O) groups excluding carboxylic acids is 2. The maximum absolute atomic E-state index is 14.7. The molecule has 0 aliphatic carbocycles. The zero-order chi connectivity index (χ0) is 34.4. The van der Waals surface area contributed by atoms with Gasteiger partial charge in [0.05, 0.1) is 17.7 Å². The molecular weight excluding hydrogens is 657 g/mol. The van der Waals surface area contributed by atoms with E-state index in [1.54, 1.807) is 54.6 Å². The molecule has 0 aliphatic rings. The van der Waals surface area contributed by atoms with Crippen molar-refractivity contribution in [3.63, 3.8) is 0 Å². The molecule has 1 atom stereocenters. The Labute approximate surface area is 287 Å². The maximum atomic E-state index is 14.7. The number of benzene rings is 4. The fraction of sp³-hybridized carbons (Fsp3) is 0.278. The molecule has 1 N–H and O–H groups in total. The summed E-state index contributed by atoms with van der Waals surface area (Å²) < 4.78 is 35.2. The average molecular weight is 697 g/mol. The summed E-state index contributed by atoms with van der Waals surface area (Å²) in [7, 11) is -2.86. The quantitative estimate of drug-likeness (QED) is 0.171. The van der Waals surface area contributed by atoms with E-state index in [-0.39, 0.29) is 29.3 Å². The van der Waals surface area contributed by atoms with E-state index in [0.717, 1.165) is 15.4 Å². The first-order valence-corrected chi connectivity index (χ1v) is 17.2. The molecule has 0 unspecified atom stereocenters. The maximum Gasteiger partial charge on any atom is 0.264 e. The van der Waals surface area contributed by atoms with Crippen LogP contribution in [0.25, 0.3) is 0 Å². The third kappa shape index (κ3) is 9.28. The average Bonchev–Trinajstić information content (AvgIpc) is 3.02. The lowest BCUT2D eigenvalue weighted by Gasteiger charge is -2.35. The Morgan fingerprint density at radius 1 is 0.894 bits per heavy atom. The van der Waals surface area contributed by atoms with Crippen molar-refractivity contribution >= 4 is 50.7 Å². The summed E-state index contributed by atoms with van der Waals surface area (Å²) in [5, 5.41) is 3.73. The van der Waals surface area contributed by atoms with Gasteiger partial charge in [0, 0.05) is 28.5 Å². The number of methoxy groups -OCH3 is 1. The van der Waals surface area contributed by atoms with Crippen LogP contribution in [-0.2, 0) is 32.6 Å². The Morgan fingerprint density at radius 2 is 1.53 bits per heavy atom. The van der Waals surface area contributed by atoms with Crippen LogP contribution in [0.1, 0.15) is 37.5 Å². The van der Waals surface area contributed by atoms with Gasteiger partial charge in [0.2, 0.25) is 11.8 Å². The standard InChI is InChI=1S/C36H39Cl2N3O5S/c1-25-16-19-33(46-5)31(20-25)41(47(44,45)29-14-10-7-11-15-29)24-34(42)40(23-27-17-18-28(37)22-30(27)38)32(35(43)39-36(2,3)4)21-26-12-8-6-9-13-26/h6-20,22,32H,21,23-24H2,1-5H3,(H,39,43)/t32-/m1/s1. The van der Waals surface area contributed by atoms with Gasteiger partial charge in [-0.05, 0) is 80.8 Å². The van der Waals surface area contributed by atoms with Crippen LogP contribution in [0, 0.1) is 6.92 Å². The van der Waals surface area contributed by atoms with Crippen LogP contribution in [0.4, 0.5) is 5.69 Å². The minimum absolute atomic E-state index is 0.00466. The second-order valence-corrected chi connectivity index (χ2v) is 14.9. The number of hydrogen-bond donors (Lipinski definition) is 1. The monoisotopic (exact) mass is 695 g/mol. The molecule has 0 radical (unpaired) electrons. The number of ether oxygens (including phenoxy) is 1. The van der Waals surface area contributed by atoms with Gasteiger partial charge in [-0.15, -0.1) is 0 Å². The summed E-state index contributed by atoms with van der Waals surface area (Å²) in [6.45, 7) is 6.66. The van der Waals surface area contributed by atoms with E-state index in [2.05, 4.69) is 5.32 Å². The second kappa shape index (κ2) is 15.2. The molecule has 4 aromatic carbocycles. The molecule has 0 saturated heterocycles. The van der Waals surface area contributed by atoms with Crippen molar-refractivity contribution in [2.24, 2.45) is 0 Å². The smallest absolute Gasteiger partial charge is 0.264 e. The fourth-order valence-corrected chi connectivity index (χ4v) is 6.97. The van der Waals surface area contributed by atoms with Gasteiger partial charge in [-0.25, -0.2) is 8.42 Å². The molecule has 4 aromatic rings. The van der Waals surface area contributed by atoms with Gasteiger partial charge in [0.25, 0.3) is 10.0 Å². The number of anilines is 1. The molecule has 0 heterocycles. The van der Waals surface area contributed by atoms with Crippen LogP contribution in [0.2, 0.25) is 10.0 Å². The SMILES string of the molecule is COc1ccc(C)cc1N(CC(=O)N(Cc1ccc(Cl)cc1Cl)[C@H](Cc1ccccc1)C(=O)NC(C)(C)C)S(=O)(=O)c1ccccc1. The van der Waals surface area contributed by atoms with Gasteiger partial charge < -0.3 is 15.0 Å². The Morgan fingerprint density at radius 3 is 2.13 bits per heavy atom. The van der Waals surface area contributed by atoms with Crippen molar-refractivity contribution in [1.29, 1.82) is 0 Å². The summed E-state index contributed by atoms with van der Waals surface area (Å²) in [6, 6.07) is 26.2. The summed E-state index contributed by atoms with van der Waals surface area (Å²) in [4.78, 5) is 30.1. The highest BCUT2D eigenvalue weighted by Gasteiger charge is 2.36. The van der Waals surface area contributed by atoms with Crippen molar-refractivity contribution in [1.82, 2.24) is 10.2 Å². The van der Waals surface area contributed by atoms with Crippen molar-refractivity contribution in [2.75, 3.05) is 18.0 Å². The first kappa shape index (κ1) is 35.8. The summed E-state index contributed by atoms with van der Waals surface area (Å²) in [5.74, 6) is -0.754. The topological polar surface area (TPSA) is 96.0 Å². The Kier molecular flexibility index (Phi) is 11.6. The van der Waals surface area contributed by atoms with Crippen molar-refractivity contribution in [3.8, 4) is 5.75 Å². The minimum atomic E-state index is -4.29. The molecule has 4 rings (SSSR count). The number of rotatable bonds is 12. The molecule has 11 heteroatoms. The molecule has 0 spiro atoms. The number of nitrogens with one attached hydrogen (secondary N) is 1. The van der Waals surface area contributed by atoms with E-state index in [4.69, 9.17) is 27.9 Å². The number of hydrogen-bond acceptors (Lipinski definition) is 5. The van der Waals surface area contributed by atoms with E-state index < -0.39 is 40.0 Å². The first-order chi connectivity index (χ1) is 22.2. The van der Waals surface area contributed by atoms with Gasteiger partial charge in [-0.2, -0.15) is 0 Å². The third-order valence-corrected chi connectivity index (χ3v) is 9.70. The number of nitrogens with zero attached hydrogens (tertiary/aromatic N) is 2. The minimum Gasteiger partial charge on any atom is -0.495 e. The molecule has 2 amide bonds. The summed E-state index contributed by atoms with van der Waals surface area (Å²) >= 11 is 12.8. The molecule has 8 nitrogen and oxygen atoms in total. The molecule has 0 aliphatic heterocycles. The normalized spacial score (nSPS) is 12.2. The Hall–Kier alpha value is -4.05. The molecule has 0 bridgehead atoms. The van der Waals surface area contributed by atoms with Crippen molar-refractivity contribution < 1.29 is 22.7 Å². The largest absolute Gasteiger partial charge is 0.495 e. The zero-order valence-corrected chi connectivity index (χ0v) is 29.4. The van der Waals surface area contributed by atoms with Gasteiger partial charge in [0.15, 0.2) is 0 Å². The zero-order valence-electron chi connectivity index (χ0n) is 27.0. The second-order valence-electron chi connectivity index (χ2n) is 12.2. The predicted octanol–water partition coefficient (Wildman–Crippen LogP) is 7.06. The van der Waals surface area contributed by atoms with E-state index in [9.17, 15) is 18.0 Å². The van der Waals surface area contributed by atoms with E-state index in [1.165, 1.54) is 24.1 Å².